The molecule has 0 radical (unpaired) electrons. The Kier molecular flexibility index (Phi) is 7.85. The first-order valence-electron chi connectivity index (χ1n) is 9.77. The van der Waals surface area contributed by atoms with E-state index in [0.717, 1.165) is 0 Å². The summed E-state index contributed by atoms with van der Waals surface area (Å²) in [6.07, 6.45) is 0.951. The van der Waals surface area contributed by atoms with Crippen molar-refractivity contribution in [2.75, 3.05) is 13.2 Å². The molecule has 0 saturated carbocycles. The van der Waals surface area contributed by atoms with Crippen LogP contribution in [0.25, 0.3) is 0 Å². The molecule has 3 atom stereocenters. The molecule has 1 amide bonds. The van der Waals surface area contributed by atoms with Crippen LogP contribution in [0, 0.1) is 0 Å². The lowest BCUT2D eigenvalue weighted by atomic mass is 9.97. The summed E-state index contributed by atoms with van der Waals surface area (Å²) in [5, 5.41) is 12.8. The van der Waals surface area contributed by atoms with Gasteiger partial charge in [-0.25, -0.2) is 13.1 Å². The molecule has 2 aromatic rings. The third-order valence-electron chi connectivity index (χ3n) is 5.03. The molecule has 7 nitrogen and oxygen atoms in total. The Morgan fingerprint density at radius 1 is 1.10 bits per heavy atom. The zero-order chi connectivity index (χ0) is 21.6. The molecule has 0 aliphatic carbocycles. The zero-order valence-corrected chi connectivity index (χ0v) is 17.9. The Morgan fingerprint density at radius 2 is 1.80 bits per heavy atom. The van der Waals surface area contributed by atoms with Crippen LogP contribution in [0.3, 0.4) is 0 Å². The molecule has 0 aromatic heterocycles. The number of carbonyl (C=O) groups is 1. The number of carbonyl (C=O) groups excluding carboxylic acids is 1. The average molecular weight is 453 g/mol. The molecule has 1 aliphatic rings. The van der Waals surface area contributed by atoms with Gasteiger partial charge in [0.2, 0.25) is 10.0 Å². The maximum absolute atomic E-state index is 12.4. The van der Waals surface area contributed by atoms with Crippen LogP contribution in [0.5, 0.6) is 0 Å². The van der Waals surface area contributed by atoms with Crippen molar-refractivity contribution < 1.29 is 23.1 Å². The normalized spacial score (nSPS) is 21.9. The number of sulfonamides is 1. The third kappa shape index (κ3) is 5.80. The van der Waals surface area contributed by atoms with Crippen LogP contribution in [-0.2, 0) is 14.8 Å². The maximum atomic E-state index is 12.4. The van der Waals surface area contributed by atoms with Gasteiger partial charge in [0.05, 0.1) is 23.8 Å². The highest BCUT2D eigenvalue weighted by atomic mass is 35.5. The van der Waals surface area contributed by atoms with Gasteiger partial charge in [0.25, 0.3) is 5.91 Å². The van der Waals surface area contributed by atoms with Crippen LogP contribution in [-0.4, -0.2) is 50.8 Å². The van der Waals surface area contributed by atoms with Crippen LogP contribution in [0.1, 0.15) is 29.6 Å². The first-order chi connectivity index (χ1) is 14.4. The number of aliphatic hydroxyl groups excluding tert-OH is 1. The summed E-state index contributed by atoms with van der Waals surface area (Å²) in [4.78, 5) is 12.4. The third-order valence-corrected chi connectivity index (χ3v) is 6.99. The molecular formula is C21H25ClN2O5S. The molecule has 1 saturated heterocycles. The van der Waals surface area contributed by atoms with Gasteiger partial charge in [-0.3, -0.25) is 4.79 Å². The number of benzene rings is 2. The van der Waals surface area contributed by atoms with E-state index in [4.69, 9.17) is 16.3 Å². The smallest absolute Gasteiger partial charge is 0.251 e. The molecule has 1 heterocycles. The van der Waals surface area contributed by atoms with Gasteiger partial charge in [0.15, 0.2) is 0 Å². The predicted octanol–water partition coefficient (Wildman–Crippen LogP) is 2.35. The van der Waals surface area contributed by atoms with Gasteiger partial charge in [0, 0.05) is 12.1 Å². The number of ether oxygens (including phenoxy) is 1. The highest BCUT2D eigenvalue weighted by molar-refractivity contribution is 7.89. The first-order valence-corrected chi connectivity index (χ1v) is 11.6. The number of hydrogen-bond donors (Lipinski definition) is 3. The Labute approximate surface area is 181 Å². The molecule has 1 fully saturated rings. The number of nitrogens with one attached hydrogen (secondary N) is 2. The monoisotopic (exact) mass is 452 g/mol. The molecule has 1 aliphatic heterocycles. The van der Waals surface area contributed by atoms with Crippen LogP contribution >= 0.6 is 11.6 Å². The standard InChI is InChI=1S/C21H25ClN2O5S/c22-17-8-4-5-9-20(17)30(27,28)23-13-12-16-10-11-18(19(14-25)29-16)24-21(26)15-6-2-1-3-7-15/h1-9,16,18-19,23,25H,10-14H2,(H,24,26)/t16-,18+,19+/m0/s1. The summed E-state index contributed by atoms with van der Waals surface area (Å²) in [6, 6.07) is 14.8. The van der Waals surface area contributed by atoms with Crippen molar-refractivity contribution in [3.8, 4) is 0 Å². The van der Waals surface area contributed by atoms with Gasteiger partial charge in [-0.1, -0.05) is 41.9 Å². The number of halogens is 1. The van der Waals surface area contributed by atoms with Crippen molar-refractivity contribution in [2.45, 2.75) is 42.4 Å². The van der Waals surface area contributed by atoms with Gasteiger partial charge in [-0.2, -0.15) is 0 Å². The minimum absolute atomic E-state index is 0.0353. The molecule has 3 N–H and O–H groups in total. The van der Waals surface area contributed by atoms with Gasteiger partial charge in [0.1, 0.15) is 11.0 Å². The minimum Gasteiger partial charge on any atom is -0.394 e. The summed E-state index contributed by atoms with van der Waals surface area (Å²) < 4.78 is 33.2. The number of amides is 1. The van der Waals surface area contributed by atoms with Crippen LogP contribution in [0.4, 0.5) is 0 Å². The summed E-state index contributed by atoms with van der Waals surface area (Å²) >= 11 is 5.97. The van der Waals surface area contributed by atoms with E-state index in [1.807, 2.05) is 6.07 Å². The quantitative estimate of drug-likeness (QED) is 0.570. The number of aliphatic hydroxyl groups is 1. The maximum Gasteiger partial charge on any atom is 0.251 e. The van der Waals surface area contributed by atoms with Crippen molar-refractivity contribution in [1.82, 2.24) is 10.0 Å². The van der Waals surface area contributed by atoms with Gasteiger partial charge >= 0.3 is 0 Å². The molecule has 0 bridgehead atoms. The molecule has 9 heteroatoms. The molecule has 0 unspecified atom stereocenters. The van der Waals surface area contributed by atoms with E-state index in [9.17, 15) is 18.3 Å². The average Bonchev–Trinajstić information content (AvgIpc) is 2.75. The fourth-order valence-corrected chi connectivity index (χ4v) is 5.01. The van der Waals surface area contributed by atoms with Crippen molar-refractivity contribution in [1.29, 1.82) is 0 Å². The predicted molar refractivity (Wildman–Crippen MR) is 114 cm³/mol. The fraction of sp³-hybridized carbons (Fsp3) is 0.381. The highest BCUT2D eigenvalue weighted by Gasteiger charge is 2.32. The van der Waals surface area contributed by atoms with Gasteiger partial charge in [-0.15, -0.1) is 0 Å². The second kappa shape index (κ2) is 10.4. The van der Waals surface area contributed by atoms with E-state index >= 15 is 0 Å². The lowest BCUT2D eigenvalue weighted by Crippen LogP contribution is -2.51. The Bertz CT molecular complexity index is 955. The zero-order valence-electron chi connectivity index (χ0n) is 16.3. The van der Waals surface area contributed by atoms with Gasteiger partial charge in [-0.05, 0) is 43.5 Å². The SMILES string of the molecule is O=C(N[C@@H]1CC[C@@H](CCNS(=O)(=O)c2ccccc2Cl)O[C@@H]1CO)c1ccccc1. The lowest BCUT2D eigenvalue weighted by molar-refractivity contribution is -0.0891. The number of hydrogen-bond acceptors (Lipinski definition) is 5. The summed E-state index contributed by atoms with van der Waals surface area (Å²) in [6.45, 7) is -0.0565. The fourth-order valence-electron chi connectivity index (χ4n) is 3.45. The lowest BCUT2D eigenvalue weighted by Gasteiger charge is -2.36. The van der Waals surface area contributed by atoms with Crippen molar-refractivity contribution in [3.63, 3.8) is 0 Å². The minimum atomic E-state index is -3.71. The van der Waals surface area contributed by atoms with Crippen molar-refractivity contribution in [3.05, 3.63) is 65.2 Å². The van der Waals surface area contributed by atoms with E-state index < -0.39 is 16.1 Å². The molecule has 162 valence electrons. The number of rotatable bonds is 8. The van der Waals surface area contributed by atoms with Crippen LogP contribution in [0.15, 0.2) is 59.5 Å². The second-order valence-corrected chi connectivity index (χ2v) is 9.26. The van der Waals surface area contributed by atoms with Crippen LogP contribution in [0.2, 0.25) is 5.02 Å². The van der Waals surface area contributed by atoms with Crippen LogP contribution < -0.4 is 10.0 Å². The topological polar surface area (TPSA) is 105 Å². The molecular weight excluding hydrogens is 428 g/mol. The van der Waals surface area contributed by atoms with E-state index in [1.165, 1.54) is 12.1 Å². The highest BCUT2D eigenvalue weighted by Crippen LogP contribution is 2.23. The van der Waals surface area contributed by atoms with Crippen molar-refractivity contribution in [2.24, 2.45) is 0 Å². The Balaban J connectivity index is 1.50. The van der Waals surface area contributed by atoms with E-state index in [1.54, 1.807) is 36.4 Å². The molecule has 3 rings (SSSR count). The summed E-state index contributed by atoms with van der Waals surface area (Å²) in [5.74, 6) is -0.214. The Morgan fingerprint density at radius 3 is 2.50 bits per heavy atom. The summed E-state index contributed by atoms with van der Waals surface area (Å²) in [5.41, 5.74) is 0.547. The van der Waals surface area contributed by atoms with E-state index in [0.29, 0.717) is 24.8 Å². The Hall–Kier alpha value is -1.97. The molecule has 0 spiro atoms. The molecule has 2 aromatic carbocycles. The first kappa shape index (κ1) is 22.7. The van der Waals surface area contributed by atoms with E-state index in [-0.39, 0.29) is 41.1 Å². The largest absolute Gasteiger partial charge is 0.394 e. The summed E-state index contributed by atoms with van der Waals surface area (Å²) in [7, 11) is -3.71. The second-order valence-electron chi connectivity index (χ2n) is 7.12. The molecule has 30 heavy (non-hydrogen) atoms. The van der Waals surface area contributed by atoms with Gasteiger partial charge < -0.3 is 15.2 Å². The van der Waals surface area contributed by atoms with Crippen molar-refractivity contribution >= 4 is 27.5 Å². The van der Waals surface area contributed by atoms with E-state index in [2.05, 4.69) is 10.0 Å².